The molecule has 1 heterocycles. The lowest BCUT2D eigenvalue weighted by Gasteiger charge is -2.29. The molecule has 1 aliphatic rings. The van der Waals surface area contributed by atoms with Gasteiger partial charge in [-0.15, -0.1) is 0 Å². The van der Waals surface area contributed by atoms with Crippen LogP contribution < -0.4 is 5.32 Å². The highest BCUT2D eigenvalue weighted by molar-refractivity contribution is 7.89. The molecule has 0 amide bonds. The third-order valence-electron chi connectivity index (χ3n) is 3.59. The minimum absolute atomic E-state index is 0.00264. The molecule has 0 saturated carbocycles. The summed E-state index contributed by atoms with van der Waals surface area (Å²) in [7, 11) is -1.98. The third-order valence-corrected chi connectivity index (χ3v) is 5.59. The van der Waals surface area contributed by atoms with E-state index in [2.05, 4.69) is 10.1 Å². The van der Waals surface area contributed by atoms with Crippen molar-refractivity contribution in [3.63, 3.8) is 0 Å². The first kappa shape index (κ1) is 17.4. The molecule has 1 atom stereocenters. The molecule has 118 valence electrons. The smallest absolute Gasteiger partial charge is 0.305 e. The highest BCUT2D eigenvalue weighted by Crippen LogP contribution is 2.12. The standard InChI is InChI=1S/C13H26N2O4S/c1-3-15(11-12-7-4-5-9-14-12)20(17,18)10-6-8-13(16)19-2/h12,14H,3-11H2,1-2H3. The maximum atomic E-state index is 12.3. The van der Waals surface area contributed by atoms with Crippen LogP contribution in [0, 0.1) is 0 Å². The Balaban J connectivity index is 2.46. The first-order valence-corrected chi connectivity index (χ1v) is 8.88. The van der Waals surface area contributed by atoms with E-state index in [1.807, 2.05) is 6.92 Å². The number of rotatable bonds is 8. The lowest BCUT2D eigenvalue weighted by atomic mass is 10.1. The lowest BCUT2D eigenvalue weighted by molar-refractivity contribution is -0.140. The van der Waals surface area contributed by atoms with E-state index in [0.29, 0.717) is 19.5 Å². The van der Waals surface area contributed by atoms with Crippen LogP contribution in [0.5, 0.6) is 0 Å². The average molecular weight is 306 g/mol. The number of hydrogen-bond donors (Lipinski definition) is 1. The summed E-state index contributed by atoms with van der Waals surface area (Å²) in [6.45, 7) is 3.81. The van der Waals surface area contributed by atoms with Crippen LogP contribution in [0.2, 0.25) is 0 Å². The van der Waals surface area contributed by atoms with E-state index >= 15 is 0 Å². The number of piperidine rings is 1. The van der Waals surface area contributed by atoms with Crippen molar-refractivity contribution in [3.05, 3.63) is 0 Å². The van der Waals surface area contributed by atoms with Crippen LogP contribution in [0.15, 0.2) is 0 Å². The Morgan fingerprint density at radius 2 is 2.15 bits per heavy atom. The van der Waals surface area contributed by atoms with Crippen molar-refractivity contribution in [2.75, 3.05) is 32.5 Å². The van der Waals surface area contributed by atoms with E-state index in [-0.39, 0.29) is 24.2 Å². The molecule has 1 saturated heterocycles. The molecule has 20 heavy (non-hydrogen) atoms. The number of sulfonamides is 1. The van der Waals surface area contributed by atoms with Gasteiger partial charge in [-0.1, -0.05) is 13.3 Å². The second-order valence-corrected chi connectivity index (χ2v) is 7.18. The summed E-state index contributed by atoms with van der Waals surface area (Å²) in [6.07, 6.45) is 3.79. The number of nitrogens with zero attached hydrogens (tertiary/aromatic N) is 1. The minimum atomic E-state index is -3.29. The van der Waals surface area contributed by atoms with Gasteiger partial charge in [0.25, 0.3) is 0 Å². The van der Waals surface area contributed by atoms with Crippen LogP contribution in [0.3, 0.4) is 0 Å². The number of carbonyl (C=O) groups excluding carboxylic acids is 1. The number of hydrogen-bond acceptors (Lipinski definition) is 5. The van der Waals surface area contributed by atoms with E-state index in [1.54, 1.807) is 0 Å². The fraction of sp³-hybridized carbons (Fsp3) is 0.923. The monoisotopic (exact) mass is 306 g/mol. The molecular weight excluding hydrogens is 280 g/mol. The molecule has 1 unspecified atom stereocenters. The van der Waals surface area contributed by atoms with Gasteiger partial charge in [-0.3, -0.25) is 4.79 Å². The van der Waals surface area contributed by atoms with Gasteiger partial charge in [-0.25, -0.2) is 12.7 Å². The molecule has 1 rings (SSSR count). The van der Waals surface area contributed by atoms with Crippen molar-refractivity contribution in [1.29, 1.82) is 0 Å². The number of likely N-dealkylation sites (N-methyl/N-ethyl adjacent to an activating group) is 1. The molecule has 7 heteroatoms. The van der Waals surface area contributed by atoms with Crippen molar-refractivity contribution in [2.45, 2.75) is 45.1 Å². The fourth-order valence-corrected chi connectivity index (χ4v) is 3.96. The molecule has 0 aromatic carbocycles. The van der Waals surface area contributed by atoms with Gasteiger partial charge in [-0.05, 0) is 25.8 Å². The van der Waals surface area contributed by atoms with Crippen LogP contribution in [0.1, 0.15) is 39.0 Å². The van der Waals surface area contributed by atoms with Gasteiger partial charge in [0.1, 0.15) is 0 Å². The molecule has 0 bridgehead atoms. The summed E-state index contributed by atoms with van der Waals surface area (Å²) >= 11 is 0. The molecule has 0 spiro atoms. The van der Waals surface area contributed by atoms with Gasteiger partial charge < -0.3 is 10.1 Å². The van der Waals surface area contributed by atoms with E-state index in [4.69, 9.17) is 0 Å². The summed E-state index contributed by atoms with van der Waals surface area (Å²) in [6, 6.07) is 0.249. The van der Waals surface area contributed by atoms with Gasteiger partial charge in [0, 0.05) is 25.6 Å². The molecule has 6 nitrogen and oxygen atoms in total. The zero-order chi connectivity index (χ0) is 15.0. The molecule has 0 radical (unpaired) electrons. The van der Waals surface area contributed by atoms with Gasteiger partial charge in [0.05, 0.1) is 12.9 Å². The van der Waals surface area contributed by atoms with Crippen molar-refractivity contribution in [2.24, 2.45) is 0 Å². The predicted molar refractivity (Wildman–Crippen MR) is 77.9 cm³/mol. The summed E-state index contributed by atoms with van der Waals surface area (Å²) in [5.41, 5.74) is 0. The molecular formula is C13H26N2O4S. The van der Waals surface area contributed by atoms with Crippen LogP contribution in [0.25, 0.3) is 0 Å². The Morgan fingerprint density at radius 1 is 1.40 bits per heavy atom. The van der Waals surface area contributed by atoms with Gasteiger partial charge in [-0.2, -0.15) is 0 Å². The number of nitrogens with one attached hydrogen (secondary N) is 1. The summed E-state index contributed by atoms with van der Waals surface area (Å²) < 4.78 is 30.5. The molecule has 1 fully saturated rings. The van der Waals surface area contributed by atoms with Crippen molar-refractivity contribution in [1.82, 2.24) is 9.62 Å². The van der Waals surface area contributed by atoms with E-state index in [0.717, 1.165) is 25.8 Å². The van der Waals surface area contributed by atoms with E-state index < -0.39 is 10.0 Å². The van der Waals surface area contributed by atoms with E-state index in [1.165, 1.54) is 11.4 Å². The minimum Gasteiger partial charge on any atom is -0.469 e. The highest BCUT2D eigenvalue weighted by atomic mass is 32.2. The topological polar surface area (TPSA) is 75.7 Å². The highest BCUT2D eigenvalue weighted by Gasteiger charge is 2.24. The molecule has 0 aromatic heterocycles. The molecule has 0 aliphatic carbocycles. The predicted octanol–water partition coefficient (Wildman–Crippen LogP) is 0.733. The van der Waals surface area contributed by atoms with E-state index in [9.17, 15) is 13.2 Å². The number of carbonyl (C=O) groups is 1. The Morgan fingerprint density at radius 3 is 2.70 bits per heavy atom. The van der Waals surface area contributed by atoms with Crippen LogP contribution in [-0.4, -0.2) is 57.2 Å². The van der Waals surface area contributed by atoms with Crippen molar-refractivity contribution >= 4 is 16.0 Å². The van der Waals surface area contributed by atoms with Gasteiger partial charge in [0.2, 0.25) is 10.0 Å². The SMILES string of the molecule is CCN(CC1CCCCN1)S(=O)(=O)CCCC(=O)OC. The summed E-state index contributed by atoms with van der Waals surface area (Å²) in [5, 5.41) is 3.36. The van der Waals surface area contributed by atoms with Crippen LogP contribution >= 0.6 is 0 Å². The Bertz CT molecular complexity index is 391. The Hall–Kier alpha value is -0.660. The van der Waals surface area contributed by atoms with Crippen molar-refractivity contribution in [3.8, 4) is 0 Å². The molecule has 0 aromatic rings. The second kappa shape index (κ2) is 8.59. The van der Waals surface area contributed by atoms with Gasteiger partial charge >= 0.3 is 5.97 Å². The summed E-state index contributed by atoms with van der Waals surface area (Å²) in [5.74, 6) is -0.361. The average Bonchev–Trinajstić information content (AvgIpc) is 2.45. The Kier molecular flexibility index (Phi) is 7.47. The van der Waals surface area contributed by atoms with Crippen LogP contribution in [0.4, 0.5) is 0 Å². The zero-order valence-corrected chi connectivity index (χ0v) is 13.2. The normalized spacial score (nSPS) is 20.1. The first-order chi connectivity index (χ1) is 9.49. The largest absolute Gasteiger partial charge is 0.469 e. The second-order valence-electron chi connectivity index (χ2n) is 5.09. The third kappa shape index (κ3) is 5.76. The number of methoxy groups -OCH3 is 1. The van der Waals surface area contributed by atoms with Crippen molar-refractivity contribution < 1.29 is 17.9 Å². The molecule has 1 N–H and O–H groups in total. The summed E-state index contributed by atoms with van der Waals surface area (Å²) in [4.78, 5) is 11.0. The van der Waals surface area contributed by atoms with Crippen LogP contribution in [-0.2, 0) is 19.6 Å². The number of esters is 1. The Labute approximate surface area is 121 Å². The quantitative estimate of drug-likeness (QED) is 0.669. The molecule has 1 aliphatic heterocycles. The zero-order valence-electron chi connectivity index (χ0n) is 12.4. The first-order valence-electron chi connectivity index (χ1n) is 7.27. The van der Waals surface area contributed by atoms with Gasteiger partial charge in [0.15, 0.2) is 0 Å². The maximum Gasteiger partial charge on any atom is 0.305 e. The fourth-order valence-electron chi connectivity index (χ4n) is 2.40. The number of ether oxygens (including phenoxy) is 1. The lowest BCUT2D eigenvalue weighted by Crippen LogP contribution is -2.46. The maximum absolute atomic E-state index is 12.3.